The van der Waals surface area contributed by atoms with Crippen LogP contribution in [0.5, 0.6) is 0 Å². The van der Waals surface area contributed by atoms with E-state index in [4.69, 9.17) is 11.6 Å². The summed E-state index contributed by atoms with van der Waals surface area (Å²) in [6.45, 7) is 0. The molecule has 0 aliphatic carbocycles. The summed E-state index contributed by atoms with van der Waals surface area (Å²) >= 11 is 7.87. The molecule has 0 bridgehead atoms. The predicted molar refractivity (Wildman–Crippen MR) is 44.1 cm³/mol. The van der Waals surface area contributed by atoms with Crippen LogP contribution in [0.4, 0.5) is 17.6 Å². The smallest absolute Gasteiger partial charge is 0.205 e. The minimum Gasteiger partial charge on any atom is -0.205 e. The summed E-state index contributed by atoms with van der Waals surface area (Å²) in [5.41, 5.74) is -1.18. The Bertz CT molecular complexity index is 334. The van der Waals surface area contributed by atoms with Gasteiger partial charge < -0.3 is 0 Å². The van der Waals surface area contributed by atoms with Gasteiger partial charge in [-0.3, -0.25) is 0 Å². The van der Waals surface area contributed by atoms with E-state index in [0.717, 1.165) is 12.1 Å². The number of alkyl halides is 3. The molecule has 0 radical (unpaired) electrons. The van der Waals surface area contributed by atoms with Crippen LogP contribution in [0.3, 0.4) is 0 Å². The van der Waals surface area contributed by atoms with Gasteiger partial charge >= 0.3 is 6.18 Å². The van der Waals surface area contributed by atoms with E-state index in [-0.39, 0.29) is 4.47 Å². The second-order valence-electron chi connectivity index (χ2n) is 2.25. The van der Waals surface area contributed by atoms with Crippen molar-refractivity contribution in [2.24, 2.45) is 0 Å². The highest BCUT2D eigenvalue weighted by atomic mass is 79.9. The minimum atomic E-state index is -4.64. The quantitative estimate of drug-likeness (QED) is 0.491. The standard InChI is InChI=1S/C7H2BrClF4/c8-3-1-4(7(11,12)13)6(9)5(10)2-3/h1-2H. The lowest BCUT2D eigenvalue weighted by Gasteiger charge is -2.09. The van der Waals surface area contributed by atoms with Crippen molar-refractivity contribution in [2.45, 2.75) is 6.18 Å². The molecule has 0 aromatic heterocycles. The minimum absolute atomic E-state index is 0.00160. The lowest BCUT2D eigenvalue weighted by atomic mass is 10.2. The highest BCUT2D eigenvalue weighted by Crippen LogP contribution is 2.37. The zero-order valence-electron chi connectivity index (χ0n) is 5.92. The molecule has 0 heterocycles. The molecule has 1 aromatic carbocycles. The fourth-order valence-corrected chi connectivity index (χ4v) is 1.41. The van der Waals surface area contributed by atoms with Crippen LogP contribution in [-0.4, -0.2) is 0 Å². The van der Waals surface area contributed by atoms with Crippen molar-refractivity contribution in [2.75, 3.05) is 0 Å². The maximum absolute atomic E-state index is 12.7. The van der Waals surface area contributed by atoms with Gasteiger partial charge in [-0.2, -0.15) is 13.2 Å². The fraction of sp³-hybridized carbons (Fsp3) is 0.143. The maximum Gasteiger partial charge on any atom is 0.417 e. The number of halogens is 6. The molecule has 0 spiro atoms. The molecule has 72 valence electrons. The first-order chi connectivity index (χ1) is 5.82. The fourth-order valence-electron chi connectivity index (χ4n) is 0.762. The molecule has 0 fully saturated rings. The van der Waals surface area contributed by atoms with Crippen molar-refractivity contribution in [3.8, 4) is 0 Å². The summed E-state index contributed by atoms with van der Waals surface area (Å²) in [5.74, 6) is -1.09. The number of hydrogen-bond acceptors (Lipinski definition) is 0. The Hall–Kier alpha value is -0.290. The monoisotopic (exact) mass is 276 g/mol. The van der Waals surface area contributed by atoms with E-state index in [1.807, 2.05) is 0 Å². The molecule has 0 N–H and O–H groups in total. The van der Waals surface area contributed by atoms with Gasteiger partial charge in [0.15, 0.2) is 0 Å². The summed E-state index contributed by atoms with van der Waals surface area (Å²) < 4.78 is 49.1. The van der Waals surface area contributed by atoms with Crippen LogP contribution in [0.25, 0.3) is 0 Å². The molecular formula is C7H2BrClF4. The molecule has 0 saturated heterocycles. The van der Waals surface area contributed by atoms with Gasteiger partial charge in [0.05, 0.1) is 10.6 Å². The molecule has 0 atom stereocenters. The van der Waals surface area contributed by atoms with E-state index in [1.54, 1.807) is 0 Å². The predicted octanol–water partition coefficient (Wildman–Crippen LogP) is 4.26. The summed E-state index contributed by atoms with van der Waals surface area (Å²) in [6, 6.07) is 1.60. The average molecular weight is 277 g/mol. The summed E-state index contributed by atoms with van der Waals surface area (Å²) in [7, 11) is 0. The van der Waals surface area contributed by atoms with Crippen LogP contribution in [0.15, 0.2) is 16.6 Å². The summed E-state index contributed by atoms with van der Waals surface area (Å²) in [5, 5.41) is -0.907. The highest BCUT2D eigenvalue weighted by Gasteiger charge is 2.34. The largest absolute Gasteiger partial charge is 0.417 e. The number of benzene rings is 1. The summed E-state index contributed by atoms with van der Waals surface area (Å²) in [6.07, 6.45) is -4.64. The maximum atomic E-state index is 12.7. The van der Waals surface area contributed by atoms with Gasteiger partial charge in [-0.05, 0) is 12.1 Å². The van der Waals surface area contributed by atoms with Crippen molar-refractivity contribution >= 4 is 27.5 Å². The third-order valence-electron chi connectivity index (χ3n) is 1.30. The van der Waals surface area contributed by atoms with E-state index in [2.05, 4.69) is 15.9 Å². The molecule has 1 aromatic rings. The Morgan fingerprint density at radius 3 is 2.23 bits per heavy atom. The van der Waals surface area contributed by atoms with Gasteiger partial charge in [0, 0.05) is 4.47 Å². The van der Waals surface area contributed by atoms with Crippen LogP contribution in [0.2, 0.25) is 5.02 Å². The van der Waals surface area contributed by atoms with Crippen LogP contribution >= 0.6 is 27.5 Å². The molecular weight excluding hydrogens is 275 g/mol. The van der Waals surface area contributed by atoms with E-state index in [0.29, 0.717) is 0 Å². The van der Waals surface area contributed by atoms with Crippen LogP contribution in [-0.2, 0) is 6.18 Å². The van der Waals surface area contributed by atoms with Gasteiger partial charge in [0.2, 0.25) is 0 Å². The van der Waals surface area contributed by atoms with Crippen molar-refractivity contribution < 1.29 is 17.6 Å². The molecule has 0 saturated carbocycles. The molecule has 0 aliphatic rings. The van der Waals surface area contributed by atoms with Crippen LogP contribution < -0.4 is 0 Å². The van der Waals surface area contributed by atoms with Crippen molar-refractivity contribution in [3.63, 3.8) is 0 Å². The van der Waals surface area contributed by atoms with E-state index < -0.39 is 22.6 Å². The van der Waals surface area contributed by atoms with Gasteiger partial charge in [-0.25, -0.2) is 4.39 Å². The average Bonchev–Trinajstić information content (AvgIpc) is 1.94. The van der Waals surface area contributed by atoms with Gasteiger partial charge in [0.1, 0.15) is 5.82 Å². The first kappa shape index (κ1) is 10.8. The number of rotatable bonds is 0. The SMILES string of the molecule is Fc1cc(Br)cc(C(F)(F)F)c1Cl. The normalized spacial score (nSPS) is 11.8. The van der Waals surface area contributed by atoms with Crippen LogP contribution in [0.1, 0.15) is 5.56 Å². The van der Waals surface area contributed by atoms with Gasteiger partial charge in [0.25, 0.3) is 0 Å². The zero-order valence-corrected chi connectivity index (χ0v) is 8.26. The van der Waals surface area contributed by atoms with E-state index in [9.17, 15) is 17.6 Å². The van der Waals surface area contributed by atoms with Gasteiger partial charge in [-0.15, -0.1) is 0 Å². The second kappa shape index (κ2) is 3.46. The third-order valence-corrected chi connectivity index (χ3v) is 2.14. The second-order valence-corrected chi connectivity index (χ2v) is 3.54. The first-order valence-corrected chi connectivity index (χ1v) is 4.21. The Balaban J connectivity index is 3.37. The topological polar surface area (TPSA) is 0 Å². The lowest BCUT2D eigenvalue weighted by molar-refractivity contribution is -0.137. The molecule has 13 heavy (non-hydrogen) atoms. The van der Waals surface area contributed by atoms with E-state index >= 15 is 0 Å². The van der Waals surface area contributed by atoms with Crippen molar-refractivity contribution in [3.05, 3.63) is 33.0 Å². The number of hydrogen-bond donors (Lipinski definition) is 0. The highest BCUT2D eigenvalue weighted by molar-refractivity contribution is 9.10. The molecule has 6 heteroatoms. The zero-order chi connectivity index (χ0) is 10.2. The summed E-state index contributed by atoms with van der Waals surface area (Å²) in [4.78, 5) is 0. The Labute approximate surface area is 84.6 Å². The molecule has 0 aliphatic heterocycles. The first-order valence-electron chi connectivity index (χ1n) is 3.04. The van der Waals surface area contributed by atoms with Crippen molar-refractivity contribution in [1.82, 2.24) is 0 Å². The van der Waals surface area contributed by atoms with Gasteiger partial charge in [-0.1, -0.05) is 27.5 Å². The molecule has 1 rings (SSSR count). The Morgan fingerprint density at radius 2 is 1.77 bits per heavy atom. The van der Waals surface area contributed by atoms with Crippen LogP contribution in [0, 0.1) is 5.82 Å². The molecule has 0 nitrogen and oxygen atoms in total. The van der Waals surface area contributed by atoms with E-state index in [1.165, 1.54) is 0 Å². The Morgan fingerprint density at radius 1 is 1.23 bits per heavy atom. The lowest BCUT2D eigenvalue weighted by Crippen LogP contribution is -2.06. The molecule has 0 unspecified atom stereocenters. The molecule has 0 amide bonds. The van der Waals surface area contributed by atoms with Crippen molar-refractivity contribution in [1.29, 1.82) is 0 Å². The third kappa shape index (κ3) is 2.34. The Kier molecular flexibility index (Phi) is 2.87.